The summed E-state index contributed by atoms with van der Waals surface area (Å²) in [5, 5.41) is 12.3. The maximum atomic E-state index is 14.0. The van der Waals surface area contributed by atoms with E-state index in [9.17, 15) is 9.59 Å². The summed E-state index contributed by atoms with van der Waals surface area (Å²) in [5.74, 6) is 1.22. The van der Waals surface area contributed by atoms with Gasteiger partial charge in [-0.3, -0.25) is 14.6 Å². The Kier molecular flexibility index (Phi) is 34.1. The third kappa shape index (κ3) is 20.0. The quantitative estimate of drug-likeness (QED) is 0.110. The van der Waals surface area contributed by atoms with Gasteiger partial charge in [0.2, 0.25) is 0 Å². The van der Waals surface area contributed by atoms with Crippen molar-refractivity contribution in [3.8, 4) is 0 Å². The molecule has 1 aliphatic heterocycles. The second-order valence-corrected chi connectivity index (χ2v) is 13.4. The van der Waals surface area contributed by atoms with Crippen LogP contribution in [-0.4, -0.2) is 51.9 Å². The van der Waals surface area contributed by atoms with Gasteiger partial charge in [0.25, 0.3) is 5.91 Å². The van der Waals surface area contributed by atoms with E-state index in [0.717, 1.165) is 49.8 Å². The second kappa shape index (κ2) is 32.7. The summed E-state index contributed by atoms with van der Waals surface area (Å²) in [7, 11) is 0. The first-order valence-corrected chi connectivity index (χ1v) is 20.9. The largest absolute Gasteiger partial charge is 0.481 e. The van der Waals surface area contributed by atoms with Gasteiger partial charge in [-0.05, 0) is 76.2 Å². The molecule has 1 amide bonds. The summed E-state index contributed by atoms with van der Waals surface area (Å²) in [4.78, 5) is 32.3. The number of nitrogens with one attached hydrogen (secondary N) is 1. The van der Waals surface area contributed by atoms with Gasteiger partial charge in [-0.25, -0.2) is 0 Å². The lowest BCUT2D eigenvalue weighted by molar-refractivity contribution is -0.137. The van der Waals surface area contributed by atoms with E-state index in [2.05, 4.69) is 83.0 Å². The van der Waals surface area contributed by atoms with Crippen LogP contribution in [0.3, 0.4) is 0 Å². The molecule has 1 fully saturated rings. The number of unbranched alkanes of at least 4 members (excludes halogenated alkanes) is 3. The minimum Gasteiger partial charge on any atom is -0.481 e. The Bertz CT molecular complexity index is 958. The van der Waals surface area contributed by atoms with Crippen molar-refractivity contribution in [3.63, 3.8) is 0 Å². The van der Waals surface area contributed by atoms with Crippen LogP contribution in [0.25, 0.3) is 0 Å². The number of carbonyl (C=O) groups excluding carboxylic acids is 1. The zero-order chi connectivity index (χ0) is 39.1. The smallest absolute Gasteiger partial charge is 0.304 e. The number of hydrogen-bond donors (Lipinski definition) is 2. The molecule has 3 atom stereocenters. The molecule has 50 heavy (non-hydrogen) atoms. The van der Waals surface area contributed by atoms with Crippen LogP contribution in [0.5, 0.6) is 0 Å². The fraction of sp³-hybridized carbons (Fsp3) is 0.795. The number of carboxylic acid groups (broad SMARTS) is 1. The molecule has 294 valence electrons. The topological polar surface area (TPSA) is 82.0 Å². The minimum absolute atomic E-state index is 0.0230. The molecule has 0 bridgehead atoms. The standard InChI is InChI=1S/C35H59N3O3.C3H8.3C2H6/c1-8-11-12-13-17-29(10-3)25-32-34(41)38(35(37-32)22-19-30(20-23-35)26(4)5)27(6)16-14-18-31(15-9-2)28(7)36-24-21-33(39)40;1-3-2;3*1-2/h9,14-16,18,26-30,36H,8,10-13,17,19-25H2,1-7H3,(H,39,40);3H2,1-2H3;3*1-2H3/b15-9-,16-14+,31-18+;;;;. The summed E-state index contributed by atoms with van der Waals surface area (Å²) < 4.78 is 0. The predicted octanol–water partition coefficient (Wildman–Crippen LogP) is 12.6. The van der Waals surface area contributed by atoms with Crippen LogP contribution in [0.2, 0.25) is 0 Å². The maximum Gasteiger partial charge on any atom is 0.304 e. The summed E-state index contributed by atoms with van der Waals surface area (Å²) in [6, 6.07) is -0.0443. The van der Waals surface area contributed by atoms with Crippen LogP contribution < -0.4 is 5.32 Å². The van der Waals surface area contributed by atoms with Gasteiger partial charge in [0, 0.05) is 12.6 Å². The summed E-state index contributed by atoms with van der Waals surface area (Å²) in [6.07, 6.45) is 23.9. The highest BCUT2D eigenvalue weighted by molar-refractivity contribution is 6.40. The van der Waals surface area contributed by atoms with Gasteiger partial charge < -0.3 is 15.3 Å². The summed E-state index contributed by atoms with van der Waals surface area (Å²) in [5.41, 5.74) is 1.47. The molecule has 0 radical (unpaired) electrons. The Hall–Kier alpha value is -2.21. The van der Waals surface area contributed by atoms with Crippen LogP contribution in [-0.2, 0) is 9.59 Å². The number of carboxylic acids is 1. The van der Waals surface area contributed by atoms with E-state index in [1.54, 1.807) is 0 Å². The van der Waals surface area contributed by atoms with E-state index < -0.39 is 11.6 Å². The normalized spacial score (nSPS) is 20.5. The lowest BCUT2D eigenvalue weighted by atomic mass is 9.76. The highest BCUT2D eigenvalue weighted by Crippen LogP contribution is 2.44. The van der Waals surface area contributed by atoms with E-state index in [4.69, 9.17) is 10.1 Å². The maximum absolute atomic E-state index is 14.0. The van der Waals surface area contributed by atoms with E-state index in [1.807, 2.05) is 61.5 Å². The molecule has 0 aromatic carbocycles. The van der Waals surface area contributed by atoms with Crippen LogP contribution in [0.1, 0.15) is 187 Å². The Morgan fingerprint density at radius 1 is 0.980 bits per heavy atom. The van der Waals surface area contributed by atoms with Crippen LogP contribution >= 0.6 is 0 Å². The van der Waals surface area contributed by atoms with Crippen molar-refractivity contribution in [1.29, 1.82) is 0 Å². The first-order chi connectivity index (χ1) is 24.0. The molecule has 2 rings (SSSR count). The molecule has 0 saturated heterocycles. The molecule has 1 heterocycles. The second-order valence-electron chi connectivity index (χ2n) is 13.4. The van der Waals surface area contributed by atoms with Gasteiger partial charge in [0.15, 0.2) is 0 Å². The molecule has 6 nitrogen and oxygen atoms in total. The van der Waals surface area contributed by atoms with Crippen molar-refractivity contribution in [2.45, 2.75) is 205 Å². The highest BCUT2D eigenvalue weighted by atomic mass is 16.4. The van der Waals surface area contributed by atoms with Crippen molar-refractivity contribution in [2.75, 3.05) is 6.54 Å². The van der Waals surface area contributed by atoms with Gasteiger partial charge in [-0.15, -0.1) is 0 Å². The molecule has 1 spiro atoms. The van der Waals surface area contributed by atoms with Crippen LogP contribution in [0.4, 0.5) is 0 Å². The number of allylic oxidation sites excluding steroid dienone is 3. The van der Waals surface area contributed by atoms with E-state index in [-0.39, 0.29) is 24.4 Å². The number of carbonyl (C=O) groups is 2. The third-order valence-corrected chi connectivity index (χ3v) is 9.29. The zero-order valence-corrected chi connectivity index (χ0v) is 35.8. The monoisotopic (exact) mass is 704 g/mol. The highest BCUT2D eigenvalue weighted by Gasteiger charge is 2.50. The lowest BCUT2D eigenvalue weighted by Crippen LogP contribution is -2.52. The molecule has 1 saturated carbocycles. The lowest BCUT2D eigenvalue weighted by Gasteiger charge is -2.44. The van der Waals surface area contributed by atoms with Gasteiger partial charge in [0.1, 0.15) is 11.4 Å². The third-order valence-electron chi connectivity index (χ3n) is 9.29. The van der Waals surface area contributed by atoms with Crippen LogP contribution in [0.15, 0.2) is 40.9 Å². The molecule has 6 heteroatoms. The average Bonchev–Trinajstić information content (AvgIpc) is 3.37. The Morgan fingerprint density at radius 3 is 2.04 bits per heavy atom. The molecule has 3 unspecified atom stereocenters. The molecule has 2 aliphatic rings. The molecule has 1 aliphatic carbocycles. The number of aliphatic imine (C=N–C) groups is 1. The van der Waals surface area contributed by atoms with Crippen LogP contribution in [0, 0.1) is 17.8 Å². The zero-order valence-electron chi connectivity index (χ0n) is 35.8. The number of nitrogens with zero attached hydrogens (tertiary/aromatic N) is 2. The number of rotatable bonds is 18. The average molecular weight is 704 g/mol. The fourth-order valence-corrected chi connectivity index (χ4v) is 6.55. The Balaban J connectivity index is -0.00000224. The van der Waals surface area contributed by atoms with Crippen molar-refractivity contribution in [2.24, 2.45) is 22.7 Å². The molecule has 0 aromatic heterocycles. The summed E-state index contributed by atoms with van der Waals surface area (Å²) in [6.45, 7) is 32.0. The van der Waals surface area contributed by atoms with E-state index >= 15 is 0 Å². The molecule has 0 aromatic rings. The molecular weight excluding hydrogens is 619 g/mol. The SMILES string of the molecule is CC.CC.CC.CCC.C\C=C/C(=C\C=C\C(C)N1C(=O)C(CC(CC)CCCCCC)=NC12CCC(C(C)C)CC2)C(C)NCCC(=O)O. The van der Waals surface area contributed by atoms with E-state index in [1.165, 1.54) is 38.5 Å². The van der Waals surface area contributed by atoms with Crippen molar-refractivity contribution in [3.05, 3.63) is 36.0 Å². The van der Waals surface area contributed by atoms with Gasteiger partial charge in [-0.1, -0.05) is 158 Å². The van der Waals surface area contributed by atoms with E-state index in [0.29, 0.717) is 24.3 Å². The Labute approximate surface area is 312 Å². The van der Waals surface area contributed by atoms with Crippen molar-refractivity contribution in [1.82, 2.24) is 10.2 Å². The van der Waals surface area contributed by atoms with Gasteiger partial charge in [0.05, 0.1) is 12.5 Å². The molecular formula is C44H85N3O3. The van der Waals surface area contributed by atoms with Crippen molar-refractivity contribution < 1.29 is 14.7 Å². The van der Waals surface area contributed by atoms with Crippen molar-refractivity contribution >= 4 is 17.6 Å². The van der Waals surface area contributed by atoms with Gasteiger partial charge in [-0.2, -0.15) is 0 Å². The first kappa shape index (κ1) is 52.2. The number of amides is 1. The predicted molar refractivity (Wildman–Crippen MR) is 222 cm³/mol. The Morgan fingerprint density at radius 2 is 1.56 bits per heavy atom. The number of hydrogen-bond acceptors (Lipinski definition) is 4. The molecule has 2 N–H and O–H groups in total. The fourth-order valence-electron chi connectivity index (χ4n) is 6.55. The van der Waals surface area contributed by atoms with Gasteiger partial charge >= 0.3 is 5.97 Å². The summed E-state index contributed by atoms with van der Waals surface area (Å²) >= 11 is 0. The number of aliphatic carboxylic acids is 1. The minimum atomic E-state index is -0.801. The first-order valence-electron chi connectivity index (χ1n) is 20.9.